The van der Waals surface area contributed by atoms with E-state index >= 15 is 0 Å². The summed E-state index contributed by atoms with van der Waals surface area (Å²) in [4.78, 5) is 11.3. The molecule has 1 unspecified atom stereocenters. The van der Waals surface area contributed by atoms with Crippen LogP contribution in [0.3, 0.4) is 0 Å². The first-order chi connectivity index (χ1) is 9.83. The molecule has 0 saturated carbocycles. The van der Waals surface area contributed by atoms with E-state index in [0.29, 0.717) is 6.10 Å². The lowest BCUT2D eigenvalue weighted by atomic mass is 10.1. The third-order valence-corrected chi connectivity index (χ3v) is 3.49. The monoisotopic (exact) mass is 278 g/mol. The molecule has 2 heterocycles. The number of ether oxygens (including phenoxy) is 1. The molecule has 1 N–H and O–H groups in total. The Kier molecular flexibility index (Phi) is 6.21. The largest absolute Gasteiger partial charge is 0.376 e. The fraction of sp³-hybridized carbons (Fsp3) is 0.733. The van der Waals surface area contributed by atoms with Crippen LogP contribution in [0, 0.1) is 0 Å². The molecule has 5 heteroatoms. The van der Waals surface area contributed by atoms with Crippen LogP contribution in [0.5, 0.6) is 0 Å². The van der Waals surface area contributed by atoms with E-state index < -0.39 is 0 Å². The van der Waals surface area contributed by atoms with E-state index in [4.69, 9.17) is 9.72 Å². The highest BCUT2D eigenvalue weighted by Gasteiger charge is 2.21. The second-order valence-corrected chi connectivity index (χ2v) is 5.23. The fourth-order valence-electron chi connectivity index (χ4n) is 2.45. The van der Waals surface area contributed by atoms with Crippen LogP contribution in [-0.4, -0.2) is 42.3 Å². The van der Waals surface area contributed by atoms with E-state index in [1.54, 1.807) is 0 Å². The van der Waals surface area contributed by atoms with Gasteiger partial charge >= 0.3 is 0 Å². The van der Waals surface area contributed by atoms with Gasteiger partial charge in [0.15, 0.2) is 0 Å². The number of nitrogens with zero attached hydrogens (tertiary/aromatic N) is 3. The average Bonchev–Trinajstić information content (AvgIpc) is 2.51. The maximum atomic E-state index is 5.88. The fourth-order valence-corrected chi connectivity index (χ4v) is 2.45. The summed E-state index contributed by atoms with van der Waals surface area (Å²) in [5.74, 6) is 0.977. The van der Waals surface area contributed by atoms with Crippen LogP contribution in [0.2, 0.25) is 0 Å². The summed E-state index contributed by atoms with van der Waals surface area (Å²) in [6.45, 7) is 8.80. The van der Waals surface area contributed by atoms with Crippen molar-refractivity contribution >= 4 is 5.82 Å². The average molecular weight is 278 g/mol. The minimum absolute atomic E-state index is 0.336. The molecule has 2 rings (SSSR count). The van der Waals surface area contributed by atoms with Crippen LogP contribution >= 0.6 is 0 Å². The standard InChI is InChI=1S/C15H26N4O/c1-3-8-20-14-6-5-7-19(12-14)15-11-17-10-13(18-15)9-16-4-2/h10-11,14,16H,3-9,12H2,1-2H3. The van der Waals surface area contributed by atoms with Crippen molar-refractivity contribution in [2.24, 2.45) is 0 Å². The molecule has 0 aromatic carbocycles. The molecule has 1 aliphatic heterocycles. The number of anilines is 1. The van der Waals surface area contributed by atoms with Crippen molar-refractivity contribution in [1.82, 2.24) is 15.3 Å². The van der Waals surface area contributed by atoms with Crippen LogP contribution in [0.15, 0.2) is 12.4 Å². The maximum Gasteiger partial charge on any atom is 0.147 e. The molecular formula is C15H26N4O. The summed E-state index contributed by atoms with van der Waals surface area (Å²) in [6.07, 6.45) is 7.42. The lowest BCUT2D eigenvalue weighted by Gasteiger charge is -2.33. The van der Waals surface area contributed by atoms with E-state index in [1.807, 2.05) is 12.4 Å². The zero-order chi connectivity index (χ0) is 14.2. The molecule has 1 aromatic heterocycles. The zero-order valence-electron chi connectivity index (χ0n) is 12.6. The molecule has 0 spiro atoms. The van der Waals surface area contributed by atoms with Gasteiger partial charge < -0.3 is 15.0 Å². The topological polar surface area (TPSA) is 50.3 Å². The first kappa shape index (κ1) is 15.2. The van der Waals surface area contributed by atoms with E-state index in [2.05, 4.69) is 29.0 Å². The van der Waals surface area contributed by atoms with Crippen molar-refractivity contribution in [3.8, 4) is 0 Å². The number of piperidine rings is 1. The van der Waals surface area contributed by atoms with Gasteiger partial charge in [-0.05, 0) is 25.8 Å². The van der Waals surface area contributed by atoms with E-state index in [9.17, 15) is 0 Å². The Balaban J connectivity index is 1.95. The lowest BCUT2D eigenvalue weighted by Crippen LogP contribution is -2.40. The molecule has 1 aromatic rings. The predicted molar refractivity (Wildman–Crippen MR) is 80.9 cm³/mol. The molecule has 1 atom stereocenters. The van der Waals surface area contributed by atoms with Gasteiger partial charge in [-0.3, -0.25) is 4.98 Å². The summed E-state index contributed by atoms with van der Waals surface area (Å²) in [5, 5.41) is 3.29. The van der Waals surface area contributed by atoms with Gasteiger partial charge in [0.1, 0.15) is 5.82 Å². The highest BCUT2D eigenvalue weighted by molar-refractivity contribution is 5.37. The molecule has 1 aliphatic rings. The van der Waals surface area contributed by atoms with E-state index in [1.165, 1.54) is 0 Å². The molecule has 1 saturated heterocycles. The summed E-state index contributed by atoms with van der Waals surface area (Å²) in [7, 11) is 0. The Morgan fingerprint density at radius 1 is 1.40 bits per heavy atom. The normalized spacial score (nSPS) is 19.3. The van der Waals surface area contributed by atoms with Gasteiger partial charge in [0.05, 0.1) is 18.0 Å². The summed E-state index contributed by atoms with van der Waals surface area (Å²) in [6, 6.07) is 0. The van der Waals surface area contributed by atoms with Gasteiger partial charge in [0.25, 0.3) is 0 Å². The number of hydrogen-bond donors (Lipinski definition) is 1. The van der Waals surface area contributed by atoms with Crippen LogP contribution < -0.4 is 10.2 Å². The van der Waals surface area contributed by atoms with Crippen molar-refractivity contribution in [1.29, 1.82) is 0 Å². The predicted octanol–water partition coefficient (Wildman–Crippen LogP) is 1.98. The quantitative estimate of drug-likeness (QED) is 0.826. The number of hydrogen-bond acceptors (Lipinski definition) is 5. The highest BCUT2D eigenvalue weighted by Crippen LogP contribution is 2.19. The molecule has 20 heavy (non-hydrogen) atoms. The number of aromatic nitrogens is 2. The minimum atomic E-state index is 0.336. The van der Waals surface area contributed by atoms with Crippen molar-refractivity contribution in [3.05, 3.63) is 18.1 Å². The van der Waals surface area contributed by atoms with Gasteiger partial charge in [-0.2, -0.15) is 0 Å². The Morgan fingerprint density at radius 2 is 2.30 bits per heavy atom. The third kappa shape index (κ3) is 4.42. The van der Waals surface area contributed by atoms with E-state index in [-0.39, 0.29) is 0 Å². The van der Waals surface area contributed by atoms with Crippen molar-refractivity contribution < 1.29 is 4.74 Å². The first-order valence-corrected chi connectivity index (χ1v) is 7.71. The molecule has 0 amide bonds. The SMILES string of the molecule is CCCOC1CCCN(c2cncc(CNCC)n2)C1. The molecule has 112 valence electrons. The highest BCUT2D eigenvalue weighted by atomic mass is 16.5. The Bertz CT molecular complexity index is 399. The van der Waals surface area contributed by atoms with Crippen LogP contribution in [-0.2, 0) is 11.3 Å². The van der Waals surface area contributed by atoms with Gasteiger partial charge in [0.2, 0.25) is 0 Å². The maximum absolute atomic E-state index is 5.88. The molecule has 5 nitrogen and oxygen atoms in total. The molecule has 1 fully saturated rings. The van der Waals surface area contributed by atoms with Crippen LogP contribution in [0.25, 0.3) is 0 Å². The second-order valence-electron chi connectivity index (χ2n) is 5.23. The summed E-state index contributed by atoms with van der Waals surface area (Å²) < 4.78 is 5.88. The molecule has 0 radical (unpaired) electrons. The summed E-state index contributed by atoms with van der Waals surface area (Å²) in [5.41, 5.74) is 1.00. The number of rotatable bonds is 7. The first-order valence-electron chi connectivity index (χ1n) is 7.71. The van der Waals surface area contributed by atoms with Crippen LogP contribution in [0.4, 0.5) is 5.82 Å². The van der Waals surface area contributed by atoms with Crippen LogP contribution in [0.1, 0.15) is 38.8 Å². The molecule has 0 aliphatic carbocycles. The van der Waals surface area contributed by atoms with Gasteiger partial charge in [0, 0.05) is 32.4 Å². The zero-order valence-corrected chi connectivity index (χ0v) is 12.6. The molecular weight excluding hydrogens is 252 g/mol. The van der Waals surface area contributed by atoms with Crippen molar-refractivity contribution in [3.63, 3.8) is 0 Å². The van der Waals surface area contributed by atoms with Gasteiger partial charge in [-0.25, -0.2) is 4.98 Å². The third-order valence-electron chi connectivity index (χ3n) is 3.49. The lowest BCUT2D eigenvalue weighted by molar-refractivity contribution is 0.0439. The number of nitrogens with one attached hydrogen (secondary N) is 1. The van der Waals surface area contributed by atoms with Crippen molar-refractivity contribution in [2.45, 2.75) is 45.8 Å². The Morgan fingerprint density at radius 3 is 3.10 bits per heavy atom. The van der Waals surface area contributed by atoms with Crippen molar-refractivity contribution in [2.75, 3.05) is 31.1 Å². The minimum Gasteiger partial charge on any atom is -0.376 e. The summed E-state index contributed by atoms with van der Waals surface area (Å²) >= 11 is 0. The Labute approximate surface area is 121 Å². The smallest absolute Gasteiger partial charge is 0.147 e. The Hall–Kier alpha value is -1.20. The van der Waals surface area contributed by atoms with Gasteiger partial charge in [-0.1, -0.05) is 13.8 Å². The van der Waals surface area contributed by atoms with E-state index in [0.717, 1.165) is 63.6 Å². The van der Waals surface area contributed by atoms with Gasteiger partial charge in [-0.15, -0.1) is 0 Å². The molecule has 0 bridgehead atoms. The second kappa shape index (κ2) is 8.17.